The van der Waals surface area contributed by atoms with Gasteiger partial charge < -0.3 is 10.3 Å². The van der Waals surface area contributed by atoms with Crippen LogP contribution in [0.15, 0.2) is 53.4 Å². The largest absolute Gasteiger partial charge is 0.338 e. The summed E-state index contributed by atoms with van der Waals surface area (Å²) in [6, 6.07) is 9.85. The average molecular weight is 267 g/mol. The molecule has 100 valence electrons. The fourth-order valence-electron chi connectivity index (χ4n) is 1.96. The van der Waals surface area contributed by atoms with E-state index >= 15 is 0 Å². The topological polar surface area (TPSA) is 90.7 Å². The van der Waals surface area contributed by atoms with Crippen LogP contribution in [0.1, 0.15) is 17.4 Å². The van der Waals surface area contributed by atoms with Crippen LogP contribution in [0.25, 0.3) is 11.5 Å². The summed E-state index contributed by atoms with van der Waals surface area (Å²) in [6.45, 7) is 0.395. The Morgan fingerprint density at radius 2 is 2.00 bits per heavy atom. The van der Waals surface area contributed by atoms with Crippen LogP contribution in [-0.2, 0) is 0 Å². The van der Waals surface area contributed by atoms with E-state index in [4.69, 9.17) is 10.3 Å². The fourth-order valence-corrected chi connectivity index (χ4v) is 1.96. The maximum absolute atomic E-state index is 5.83. The van der Waals surface area contributed by atoms with Crippen LogP contribution in [0.2, 0.25) is 0 Å². The van der Waals surface area contributed by atoms with Gasteiger partial charge in [-0.3, -0.25) is 4.98 Å². The number of nitrogens with two attached hydrogens (primary N) is 1. The first kappa shape index (κ1) is 12.4. The summed E-state index contributed by atoms with van der Waals surface area (Å²) in [5.74, 6) is 0.788. The van der Waals surface area contributed by atoms with Crippen molar-refractivity contribution in [1.82, 2.24) is 20.1 Å². The van der Waals surface area contributed by atoms with Crippen molar-refractivity contribution in [2.75, 3.05) is 6.54 Å². The number of nitrogens with zero attached hydrogens (tertiary/aromatic N) is 4. The van der Waals surface area contributed by atoms with Crippen LogP contribution in [0.4, 0.5) is 0 Å². The van der Waals surface area contributed by atoms with Gasteiger partial charge in [-0.1, -0.05) is 35.5 Å². The van der Waals surface area contributed by atoms with Crippen LogP contribution in [0, 0.1) is 0 Å². The van der Waals surface area contributed by atoms with Gasteiger partial charge in [0.1, 0.15) is 5.69 Å². The van der Waals surface area contributed by atoms with E-state index in [-0.39, 0.29) is 5.92 Å². The molecule has 20 heavy (non-hydrogen) atoms. The Balaban J connectivity index is 1.93. The van der Waals surface area contributed by atoms with Gasteiger partial charge in [-0.25, -0.2) is 4.98 Å². The normalized spacial score (nSPS) is 12.2. The van der Waals surface area contributed by atoms with Crippen molar-refractivity contribution in [2.45, 2.75) is 5.92 Å². The molecule has 0 aliphatic rings. The SMILES string of the molecule is NCC(c1ccccc1)c1nc(-c2cnccn2)no1. The summed E-state index contributed by atoms with van der Waals surface area (Å²) >= 11 is 0. The van der Waals surface area contributed by atoms with E-state index in [0.717, 1.165) is 5.56 Å². The van der Waals surface area contributed by atoms with E-state index < -0.39 is 0 Å². The van der Waals surface area contributed by atoms with E-state index in [1.165, 1.54) is 0 Å². The lowest BCUT2D eigenvalue weighted by atomic mass is 9.99. The Morgan fingerprint density at radius 1 is 1.15 bits per heavy atom. The second-order valence-electron chi connectivity index (χ2n) is 4.25. The number of hydrogen-bond donors (Lipinski definition) is 1. The predicted octanol–water partition coefficient (Wildman–Crippen LogP) is 1.62. The van der Waals surface area contributed by atoms with E-state index in [9.17, 15) is 0 Å². The molecule has 2 heterocycles. The van der Waals surface area contributed by atoms with E-state index in [2.05, 4.69) is 20.1 Å². The molecule has 2 aromatic heterocycles. The van der Waals surface area contributed by atoms with Gasteiger partial charge in [0, 0.05) is 18.9 Å². The third-order valence-electron chi connectivity index (χ3n) is 2.97. The summed E-state index contributed by atoms with van der Waals surface area (Å²) in [5.41, 5.74) is 7.45. The summed E-state index contributed by atoms with van der Waals surface area (Å²) in [6.07, 6.45) is 4.77. The average Bonchev–Trinajstić information content (AvgIpc) is 3.00. The van der Waals surface area contributed by atoms with Crippen molar-refractivity contribution in [3.05, 3.63) is 60.4 Å². The molecule has 1 aromatic carbocycles. The number of rotatable bonds is 4. The maximum Gasteiger partial charge on any atom is 0.235 e. The van der Waals surface area contributed by atoms with Crippen molar-refractivity contribution in [1.29, 1.82) is 0 Å². The van der Waals surface area contributed by atoms with Crippen molar-refractivity contribution >= 4 is 0 Å². The van der Waals surface area contributed by atoms with E-state index in [0.29, 0.717) is 24.0 Å². The molecule has 0 saturated heterocycles. The molecule has 0 bridgehead atoms. The second-order valence-corrected chi connectivity index (χ2v) is 4.25. The van der Waals surface area contributed by atoms with Gasteiger partial charge in [0.2, 0.25) is 11.7 Å². The minimum atomic E-state index is -0.117. The smallest absolute Gasteiger partial charge is 0.235 e. The van der Waals surface area contributed by atoms with Gasteiger partial charge in [-0.2, -0.15) is 4.98 Å². The first-order chi connectivity index (χ1) is 9.88. The van der Waals surface area contributed by atoms with Crippen LogP contribution in [-0.4, -0.2) is 26.7 Å². The van der Waals surface area contributed by atoms with E-state index in [1.807, 2.05) is 30.3 Å². The summed E-state index contributed by atoms with van der Waals surface area (Å²) in [4.78, 5) is 12.5. The zero-order chi connectivity index (χ0) is 13.8. The lowest BCUT2D eigenvalue weighted by Gasteiger charge is -2.09. The third-order valence-corrected chi connectivity index (χ3v) is 2.97. The number of aromatic nitrogens is 4. The van der Waals surface area contributed by atoms with Crippen LogP contribution < -0.4 is 5.73 Å². The molecule has 1 unspecified atom stereocenters. The molecule has 1 atom stereocenters. The highest BCUT2D eigenvalue weighted by Gasteiger charge is 2.20. The van der Waals surface area contributed by atoms with Gasteiger partial charge >= 0.3 is 0 Å². The Hall–Kier alpha value is -2.60. The minimum Gasteiger partial charge on any atom is -0.338 e. The maximum atomic E-state index is 5.83. The minimum absolute atomic E-state index is 0.117. The Labute approximate surface area is 115 Å². The fraction of sp³-hybridized carbons (Fsp3) is 0.143. The van der Waals surface area contributed by atoms with Crippen LogP contribution in [0.5, 0.6) is 0 Å². The number of benzene rings is 1. The third kappa shape index (κ3) is 2.41. The molecule has 3 aromatic rings. The lowest BCUT2D eigenvalue weighted by molar-refractivity contribution is 0.367. The monoisotopic (exact) mass is 267 g/mol. The summed E-state index contributed by atoms with van der Waals surface area (Å²) in [5, 5.41) is 3.94. The molecule has 0 radical (unpaired) electrons. The Bertz CT molecular complexity index is 668. The first-order valence-corrected chi connectivity index (χ1v) is 6.23. The van der Waals surface area contributed by atoms with Crippen LogP contribution >= 0.6 is 0 Å². The highest BCUT2D eigenvalue weighted by Crippen LogP contribution is 2.23. The van der Waals surface area contributed by atoms with Gasteiger partial charge in [-0.05, 0) is 5.56 Å². The molecule has 0 saturated carbocycles. The van der Waals surface area contributed by atoms with Gasteiger partial charge in [0.15, 0.2) is 0 Å². The summed E-state index contributed by atoms with van der Waals surface area (Å²) in [7, 11) is 0. The Morgan fingerprint density at radius 3 is 2.70 bits per heavy atom. The highest BCUT2D eigenvalue weighted by atomic mass is 16.5. The molecule has 3 rings (SSSR count). The van der Waals surface area contributed by atoms with Gasteiger partial charge in [0.25, 0.3) is 0 Å². The molecule has 0 spiro atoms. The lowest BCUT2D eigenvalue weighted by Crippen LogP contribution is -2.14. The number of hydrogen-bond acceptors (Lipinski definition) is 6. The predicted molar refractivity (Wildman–Crippen MR) is 72.7 cm³/mol. The van der Waals surface area contributed by atoms with Crippen molar-refractivity contribution in [3.8, 4) is 11.5 Å². The molecular formula is C14H13N5O. The van der Waals surface area contributed by atoms with Crippen molar-refractivity contribution in [3.63, 3.8) is 0 Å². The zero-order valence-electron chi connectivity index (χ0n) is 10.7. The van der Waals surface area contributed by atoms with Crippen molar-refractivity contribution < 1.29 is 4.52 Å². The molecule has 6 nitrogen and oxygen atoms in total. The second kappa shape index (κ2) is 5.58. The van der Waals surface area contributed by atoms with Gasteiger partial charge in [0.05, 0.1) is 12.1 Å². The zero-order valence-corrected chi connectivity index (χ0v) is 10.7. The molecule has 0 aliphatic carbocycles. The molecular weight excluding hydrogens is 254 g/mol. The quantitative estimate of drug-likeness (QED) is 0.772. The first-order valence-electron chi connectivity index (χ1n) is 6.23. The molecule has 2 N–H and O–H groups in total. The molecule has 6 heteroatoms. The summed E-state index contributed by atoms with van der Waals surface area (Å²) < 4.78 is 5.32. The van der Waals surface area contributed by atoms with Crippen molar-refractivity contribution in [2.24, 2.45) is 5.73 Å². The Kier molecular flexibility index (Phi) is 3.47. The highest BCUT2D eigenvalue weighted by molar-refractivity contribution is 5.45. The van der Waals surface area contributed by atoms with Gasteiger partial charge in [-0.15, -0.1) is 0 Å². The molecule has 0 amide bonds. The standard InChI is InChI=1S/C14H13N5O/c15-8-11(10-4-2-1-3-5-10)14-18-13(19-20-14)12-9-16-6-7-17-12/h1-7,9,11H,8,15H2. The molecule has 0 aliphatic heterocycles. The molecule has 0 fully saturated rings. The van der Waals surface area contributed by atoms with E-state index in [1.54, 1.807) is 18.6 Å². The van der Waals surface area contributed by atoms with Crippen LogP contribution in [0.3, 0.4) is 0 Å².